The Hall–Kier alpha value is -0.480. The molecule has 2 aliphatic rings. The van der Waals surface area contributed by atoms with Gasteiger partial charge in [-0.05, 0) is 37.0 Å². The molecule has 0 aromatic heterocycles. The van der Waals surface area contributed by atoms with Gasteiger partial charge in [-0.3, -0.25) is 4.90 Å². The number of ether oxygens (including phenoxy) is 1. The monoisotopic (exact) mass is 300 g/mol. The molecule has 2 atom stereocenters. The van der Waals surface area contributed by atoms with Crippen molar-refractivity contribution in [3.8, 4) is 0 Å². The van der Waals surface area contributed by atoms with Crippen molar-refractivity contribution in [1.29, 1.82) is 0 Å². The highest BCUT2D eigenvalue weighted by atomic mass is 35.5. The highest BCUT2D eigenvalue weighted by Crippen LogP contribution is 2.33. The molecule has 0 bridgehead atoms. The van der Waals surface area contributed by atoms with Gasteiger partial charge in [-0.25, -0.2) is 0 Å². The van der Waals surface area contributed by atoms with Crippen LogP contribution in [0, 0.1) is 0 Å². The molecule has 0 radical (unpaired) electrons. The summed E-state index contributed by atoms with van der Waals surface area (Å²) in [5.74, 6) is 0. The highest BCUT2D eigenvalue weighted by Gasteiger charge is 2.35. The minimum absolute atomic E-state index is 0.411. The summed E-state index contributed by atoms with van der Waals surface area (Å²) in [7, 11) is 0. The fourth-order valence-corrected chi connectivity index (χ4v) is 3.70. The first-order chi connectivity index (χ1) is 9.15. The largest absolute Gasteiger partial charge is 0.396 e. The molecule has 0 amide bonds. The lowest BCUT2D eigenvalue weighted by Gasteiger charge is -2.37. The van der Waals surface area contributed by atoms with Crippen LogP contribution in [0.5, 0.6) is 0 Å². The molecule has 1 saturated heterocycles. The number of fused-ring (bicyclic) bond motifs is 1. The highest BCUT2D eigenvalue weighted by molar-refractivity contribution is 6.38. The second-order valence-electron chi connectivity index (χ2n) is 5.35. The average molecular weight is 301 g/mol. The van der Waals surface area contributed by atoms with E-state index in [4.69, 9.17) is 33.7 Å². The summed E-state index contributed by atoms with van der Waals surface area (Å²) in [5.41, 5.74) is 7.36. The molecule has 3 nitrogen and oxygen atoms in total. The first-order valence-corrected chi connectivity index (χ1v) is 7.50. The molecular formula is C14H18Cl2N2O. The maximum atomic E-state index is 6.10. The van der Waals surface area contributed by atoms with Crippen molar-refractivity contribution in [1.82, 2.24) is 4.90 Å². The van der Waals surface area contributed by atoms with Gasteiger partial charge in [-0.2, -0.15) is 0 Å². The number of morpholine rings is 1. The molecule has 1 aliphatic heterocycles. The molecule has 0 spiro atoms. The van der Waals surface area contributed by atoms with E-state index in [1.54, 1.807) is 0 Å². The van der Waals surface area contributed by atoms with E-state index in [-0.39, 0.29) is 0 Å². The number of hydrogen-bond donors (Lipinski definition) is 1. The SMILES string of the molecule is Nc1c(Cl)cc(CN2CCOC3CCCC32)cc1Cl. The third-order valence-electron chi connectivity index (χ3n) is 4.12. The van der Waals surface area contributed by atoms with Crippen molar-refractivity contribution >= 4 is 28.9 Å². The molecule has 2 fully saturated rings. The molecule has 1 heterocycles. The van der Waals surface area contributed by atoms with Crippen LogP contribution in [-0.4, -0.2) is 30.2 Å². The van der Waals surface area contributed by atoms with Crippen LogP contribution in [0.4, 0.5) is 5.69 Å². The fraction of sp³-hybridized carbons (Fsp3) is 0.571. The molecule has 1 aromatic rings. The molecule has 2 unspecified atom stereocenters. The molecule has 19 heavy (non-hydrogen) atoms. The standard InChI is InChI=1S/C14H18Cl2N2O/c15-10-6-9(7-11(16)14(10)17)8-18-4-5-19-13-3-1-2-12(13)18/h6-7,12-13H,1-5,8,17H2. The van der Waals surface area contributed by atoms with E-state index in [9.17, 15) is 0 Å². The summed E-state index contributed by atoms with van der Waals surface area (Å²) in [6.07, 6.45) is 4.08. The molecule has 3 rings (SSSR count). The van der Waals surface area contributed by atoms with Crippen molar-refractivity contribution in [2.24, 2.45) is 0 Å². The topological polar surface area (TPSA) is 38.5 Å². The number of nitrogen functional groups attached to an aromatic ring is 1. The van der Waals surface area contributed by atoms with E-state index < -0.39 is 0 Å². The van der Waals surface area contributed by atoms with E-state index >= 15 is 0 Å². The van der Waals surface area contributed by atoms with E-state index in [2.05, 4.69) is 4.90 Å². The number of nitrogens with two attached hydrogens (primary N) is 1. The zero-order chi connectivity index (χ0) is 13.4. The minimum atomic E-state index is 0.411. The van der Waals surface area contributed by atoms with Crippen molar-refractivity contribution < 1.29 is 4.74 Å². The Morgan fingerprint density at radius 1 is 1.26 bits per heavy atom. The van der Waals surface area contributed by atoms with Crippen LogP contribution in [-0.2, 0) is 11.3 Å². The Labute approximate surface area is 123 Å². The normalized spacial score (nSPS) is 27.5. The Bertz CT molecular complexity index is 458. The molecule has 104 valence electrons. The maximum Gasteiger partial charge on any atom is 0.0731 e. The van der Waals surface area contributed by atoms with Crippen LogP contribution in [0.1, 0.15) is 24.8 Å². The zero-order valence-electron chi connectivity index (χ0n) is 10.7. The molecule has 1 aromatic carbocycles. The summed E-state index contributed by atoms with van der Waals surface area (Å²) >= 11 is 12.2. The van der Waals surface area contributed by atoms with Gasteiger partial charge in [-0.15, -0.1) is 0 Å². The van der Waals surface area contributed by atoms with E-state index in [1.807, 2.05) is 12.1 Å². The summed E-state index contributed by atoms with van der Waals surface area (Å²) in [5, 5.41) is 1.08. The zero-order valence-corrected chi connectivity index (χ0v) is 12.3. The van der Waals surface area contributed by atoms with Gasteiger partial charge in [0.1, 0.15) is 0 Å². The molecule has 5 heteroatoms. The van der Waals surface area contributed by atoms with Crippen LogP contribution in [0.3, 0.4) is 0 Å². The van der Waals surface area contributed by atoms with Gasteiger partial charge >= 0.3 is 0 Å². The molecule has 1 saturated carbocycles. The summed E-state index contributed by atoms with van der Waals surface area (Å²) in [6, 6.07) is 4.38. The lowest BCUT2D eigenvalue weighted by atomic mass is 10.1. The predicted octanol–water partition coefficient (Wildman–Crippen LogP) is 3.33. The van der Waals surface area contributed by atoms with Gasteiger partial charge in [0.2, 0.25) is 0 Å². The van der Waals surface area contributed by atoms with E-state index in [0.29, 0.717) is 27.9 Å². The predicted molar refractivity (Wildman–Crippen MR) is 78.7 cm³/mol. The van der Waals surface area contributed by atoms with Crippen molar-refractivity contribution in [3.63, 3.8) is 0 Å². The Morgan fingerprint density at radius 3 is 2.74 bits per heavy atom. The number of halogens is 2. The number of anilines is 1. The van der Waals surface area contributed by atoms with E-state index in [1.165, 1.54) is 19.3 Å². The summed E-state index contributed by atoms with van der Waals surface area (Å²) < 4.78 is 5.82. The van der Waals surface area contributed by atoms with Crippen molar-refractivity contribution in [3.05, 3.63) is 27.7 Å². The second kappa shape index (κ2) is 5.49. The molecular weight excluding hydrogens is 283 g/mol. The number of hydrogen-bond acceptors (Lipinski definition) is 3. The van der Waals surface area contributed by atoms with E-state index in [0.717, 1.165) is 25.3 Å². The van der Waals surface area contributed by atoms with Gasteiger partial charge in [0.05, 0.1) is 28.4 Å². The maximum absolute atomic E-state index is 6.10. The van der Waals surface area contributed by atoms with Gasteiger partial charge in [0.25, 0.3) is 0 Å². The first kappa shape index (κ1) is 13.5. The quantitative estimate of drug-likeness (QED) is 0.852. The van der Waals surface area contributed by atoms with Gasteiger partial charge < -0.3 is 10.5 Å². The van der Waals surface area contributed by atoms with Crippen LogP contribution < -0.4 is 5.73 Å². The van der Waals surface area contributed by atoms with Crippen LogP contribution in [0.15, 0.2) is 12.1 Å². The lowest BCUT2D eigenvalue weighted by molar-refractivity contribution is -0.0588. The Kier molecular flexibility index (Phi) is 3.90. The minimum Gasteiger partial charge on any atom is -0.396 e. The summed E-state index contributed by atoms with van der Waals surface area (Å²) in [4.78, 5) is 2.49. The number of benzene rings is 1. The number of nitrogens with zero attached hydrogens (tertiary/aromatic N) is 1. The average Bonchev–Trinajstić information content (AvgIpc) is 2.85. The van der Waals surface area contributed by atoms with Gasteiger partial charge in [0, 0.05) is 19.1 Å². The van der Waals surface area contributed by atoms with Gasteiger partial charge in [0.15, 0.2) is 0 Å². The van der Waals surface area contributed by atoms with Crippen molar-refractivity contribution in [2.45, 2.75) is 38.0 Å². The fourth-order valence-electron chi connectivity index (χ4n) is 3.16. The second-order valence-corrected chi connectivity index (χ2v) is 6.17. The first-order valence-electron chi connectivity index (χ1n) is 6.74. The Balaban J connectivity index is 1.77. The molecule has 2 N–H and O–H groups in total. The third-order valence-corrected chi connectivity index (χ3v) is 4.75. The van der Waals surface area contributed by atoms with Crippen LogP contribution in [0.2, 0.25) is 10.0 Å². The third kappa shape index (κ3) is 2.70. The summed E-state index contributed by atoms with van der Waals surface area (Å²) in [6.45, 7) is 2.66. The molecule has 1 aliphatic carbocycles. The smallest absolute Gasteiger partial charge is 0.0731 e. The van der Waals surface area contributed by atoms with Crippen LogP contribution >= 0.6 is 23.2 Å². The lowest BCUT2D eigenvalue weighted by Crippen LogP contribution is -2.47. The van der Waals surface area contributed by atoms with Crippen LogP contribution in [0.25, 0.3) is 0 Å². The Morgan fingerprint density at radius 2 is 2.00 bits per heavy atom. The van der Waals surface area contributed by atoms with Gasteiger partial charge in [-0.1, -0.05) is 23.2 Å². The van der Waals surface area contributed by atoms with Crippen molar-refractivity contribution in [2.75, 3.05) is 18.9 Å². The number of rotatable bonds is 2.